The molecule has 6 atom stereocenters. The van der Waals surface area contributed by atoms with Gasteiger partial charge in [-0.1, -0.05) is 20.3 Å². The van der Waals surface area contributed by atoms with E-state index < -0.39 is 66.3 Å². The molecule has 166 valence electrons. The molecule has 0 aliphatic rings. The Kier molecular flexibility index (Phi) is 10.8. The fourth-order valence-corrected chi connectivity index (χ4v) is 2.23. The Balaban J connectivity index is 5.04. The van der Waals surface area contributed by atoms with E-state index in [1.165, 1.54) is 13.8 Å². The van der Waals surface area contributed by atoms with E-state index in [0.717, 1.165) is 0 Å². The molecule has 0 heterocycles. The molecule has 0 aromatic carbocycles. The fourth-order valence-electron chi connectivity index (χ4n) is 2.23. The van der Waals surface area contributed by atoms with E-state index in [1.54, 1.807) is 6.92 Å². The zero-order valence-corrected chi connectivity index (χ0v) is 17.0. The normalized spacial score (nSPS) is 17.0. The topological polar surface area (TPSA) is 214 Å². The lowest BCUT2D eigenvalue weighted by Gasteiger charge is -2.26. The number of hydrogen-bond donors (Lipinski definition) is 7. The first kappa shape index (κ1) is 26.3. The van der Waals surface area contributed by atoms with E-state index >= 15 is 0 Å². The zero-order chi connectivity index (χ0) is 22.9. The van der Waals surface area contributed by atoms with Crippen LogP contribution in [-0.4, -0.2) is 70.1 Å². The summed E-state index contributed by atoms with van der Waals surface area (Å²) >= 11 is 0. The Morgan fingerprint density at radius 3 is 1.90 bits per heavy atom. The molecular formula is C17H31N5O7. The summed E-state index contributed by atoms with van der Waals surface area (Å²) in [5.74, 6) is -4.94. The van der Waals surface area contributed by atoms with Gasteiger partial charge in [-0.15, -0.1) is 0 Å². The molecule has 29 heavy (non-hydrogen) atoms. The lowest BCUT2D eigenvalue weighted by Crippen LogP contribution is -2.59. The van der Waals surface area contributed by atoms with Crippen molar-refractivity contribution in [3.05, 3.63) is 0 Å². The fraction of sp³-hybridized carbons (Fsp3) is 0.706. The third-order valence-corrected chi connectivity index (χ3v) is 4.39. The lowest BCUT2D eigenvalue weighted by molar-refractivity contribution is -0.143. The predicted octanol–water partition coefficient (Wildman–Crippen LogP) is -2.83. The first-order valence-corrected chi connectivity index (χ1v) is 9.17. The third-order valence-electron chi connectivity index (χ3n) is 4.39. The van der Waals surface area contributed by atoms with Crippen molar-refractivity contribution in [2.24, 2.45) is 17.4 Å². The number of nitrogens with two attached hydrogens (primary N) is 2. The molecule has 0 bridgehead atoms. The molecule has 12 heteroatoms. The standard InChI is InChI=1S/C17H31N5O7/c1-5-7(2)12(19)15(26)22-13(9(4)23)16(27)20-8(3)14(25)21-10(17(28)29)6-11(18)24/h7-10,12-13,23H,5-6,19H2,1-4H3,(H2,18,24)(H,20,27)(H,21,25)(H,22,26)(H,28,29). The Morgan fingerprint density at radius 2 is 1.48 bits per heavy atom. The van der Waals surface area contributed by atoms with E-state index in [0.29, 0.717) is 6.42 Å². The quantitative estimate of drug-likeness (QED) is 0.175. The summed E-state index contributed by atoms with van der Waals surface area (Å²) in [6, 6.07) is -5.05. The Hall–Kier alpha value is -2.73. The maximum Gasteiger partial charge on any atom is 0.326 e. The highest BCUT2D eigenvalue weighted by Gasteiger charge is 2.31. The van der Waals surface area contributed by atoms with Crippen molar-refractivity contribution in [2.75, 3.05) is 0 Å². The van der Waals surface area contributed by atoms with Gasteiger partial charge in [0.2, 0.25) is 23.6 Å². The molecule has 0 aromatic rings. The number of hydrogen-bond acceptors (Lipinski definition) is 7. The number of carboxylic acid groups (broad SMARTS) is 1. The van der Waals surface area contributed by atoms with Crippen LogP contribution in [0.5, 0.6) is 0 Å². The molecule has 0 aliphatic carbocycles. The van der Waals surface area contributed by atoms with Crippen LogP contribution >= 0.6 is 0 Å². The van der Waals surface area contributed by atoms with Crippen molar-refractivity contribution in [1.29, 1.82) is 0 Å². The van der Waals surface area contributed by atoms with Gasteiger partial charge in [0, 0.05) is 0 Å². The Bertz CT molecular complexity index is 625. The van der Waals surface area contributed by atoms with E-state index in [9.17, 15) is 29.1 Å². The largest absolute Gasteiger partial charge is 0.480 e. The summed E-state index contributed by atoms with van der Waals surface area (Å²) in [5.41, 5.74) is 10.7. The molecule has 0 aliphatic heterocycles. The SMILES string of the molecule is CCC(C)C(N)C(=O)NC(C(=O)NC(C)C(=O)NC(CC(N)=O)C(=O)O)C(C)O. The minimum Gasteiger partial charge on any atom is -0.480 e. The van der Waals surface area contributed by atoms with E-state index in [4.69, 9.17) is 16.6 Å². The molecule has 6 unspecified atom stereocenters. The monoisotopic (exact) mass is 417 g/mol. The van der Waals surface area contributed by atoms with Crippen LogP contribution in [-0.2, 0) is 24.0 Å². The number of carbonyl (C=O) groups excluding carboxylic acids is 4. The van der Waals surface area contributed by atoms with Gasteiger partial charge in [0.15, 0.2) is 0 Å². The molecule has 9 N–H and O–H groups in total. The van der Waals surface area contributed by atoms with Crippen LogP contribution in [0.4, 0.5) is 0 Å². The second-order valence-corrected chi connectivity index (χ2v) is 6.94. The van der Waals surface area contributed by atoms with Gasteiger partial charge >= 0.3 is 5.97 Å². The van der Waals surface area contributed by atoms with E-state index in [-0.39, 0.29) is 5.92 Å². The molecule has 12 nitrogen and oxygen atoms in total. The number of carboxylic acids is 1. The first-order chi connectivity index (χ1) is 13.3. The van der Waals surface area contributed by atoms with Crippen molar-refractivity contribution in [3.8, 4) is 0 Å². The maximum atomic E-state index is 12.4. The van der Waals surface area contributed by atoms with Crippen LogP contribution in [0.2, 0.25) is 0 Å². The van der Waals surface area contributed by atoms with Crippen molar-refractivity contribution in [2.45, 2.75) is 70.8 Å². The zero-order valence-electron chi connectivity index (χ0n) is 17.0. The van der Waals surface area contributed by atoms with Crippen molar-refractivity contribution in [1.82, 2.24) is 16.0 Å². The van der Waals surface area contributed by atoms with Crippen LogP contribution in [0, 0.1) is 5.92 Å². The summed E-state index contributed by atoms with van der Waals surface area (Å²) in [6.45, 7) is 6.15. The highest BCUT2D eigenvalue weighted by atomic mass is 16.4. The van der Waals surface area contributed by atoms with Gasteiger partial charge in [-0.2, -0.15) is 0 Å². The number of nitrogens with one attached hydrogen (secondary N) is 3. The molecule has 0 saturated carbocycles. The second kappa shape index (κ2) is 12.0. The van der Waals surface area contributed by atoms with E-state index in [2.05, 4.69) is 16.0 Å². The number of aliphatic hydroxyl groups is 1. The first-order valence-electron chi connectivity index (χ1n) is 9.17. The summed E-state index contributed by atoms with van der Waals surface area (Å²) in [4.78, 5) is 58.7. The number of carbonyl (C=O) groups is 5. The molecular weight excluding hydrogens is 386 g/mol. The Morgan fingerprint density at radius 1 is 0.931 bits per heavy atom. The number of amides is 4. The van der Waals surface area contributed by atoms with Gasteiger partial charge in [-0.05, 0) is 19.8 Å². The van der Waals surface area contributed by atoms with Gasteiger partial charge in [0.25, 0.3) is 0 Å². The minimum atomic E-state index is -1.56. The molecule has 4 amide bonds. The van der Waals surface area contributed by atoms with Crippen LogP contribution in [0.25, 0.3) is 0 Å². The van der Waals surface area contributed by atoms with Gasteiger partial charge in [0.1, 0.15) is 18.1 Å². The van der Waals surface area contributed by atoms with Crippen molar-refractivity contribution < 1.29 is 34.2 Å². The summed E-state index contributed by atoms with van der Waals surface area (Å²) in [6.07, 6.45) is -1.28. The summed E-state index contributed by atoms with van der Waals surface area (Å²) in [7, 11) is 0. The lowest BCUT2D eigenvalue weighted by atomic mass is 9.98. The van der Waals surface area contributed by atoms with Crippen LogP contribution < -0.4 is 27.4 Å². The average Bonchev–Trinajstić information content (AvgIpc) is 2.62. The molecule has 0 spiro atoms. The van der Waals surface area contributed by atoms with Crippen LogP contribution in [0.15, 0.2) is 0 Å². The average molecular weight is 417 g/mol. The number of aliphatic carboxylic acids is 1. The van der Waals surface area contributed by atoms with Gasteiger partial charge in [-0.3, -0.25) is 19.2 Å². The Labute approximate surface area is 168 Å². The minimum absolute atomic E-state index is 0.157. The van der Waals surface area contributed by atoms with Crippen molar-refractivity contribution >= 4 is 29.6 Å². The molecule has 0 aromatic heterocycles. The predicted molar refractivity (Wildman–Crippen MR) is 102 cm³/mol. The maximum absolute atomic E-state index is 12.4. The molecule has 0 fully saturated rings. The smallest absolute Gasteiger partial charge is 0.326 e. The molecule has 0 rings (SSSR count). The van der Waals surface area contributed by atoms with Crippen LogP contribution in [0.1, 0.15) is 40.5 Å². The van der Waals surface area contributed by atoms with Gasteiger partial charge in [0.05, 0.1) is 18.6 Å². The summed E-state index contributed by atoms with van der Waals surface area (Å²) < 4.78 is 0. The number of aliphatic hydroxyl groups excluding tert-OH is 1. The van der Waals surface area contributed by atoms with Gasteiger partial charge in [-0.25, -0.2) is 4.79 Å². The summed E-state index contributed by atoms with van der Waals surface area (Å²) in [5, 5.41) is 25.5. The number of primary amides is 1. The van der Waals surface area contributed by atoms with Crippen molar-refractivity contribution in [3.63, 3.8) is 0 Å². The van der Waals surface area contributed by atoms with Crippen LogP contribution in [0.3, 0.4) is 0 Å². The highest BCUT2D eigenvalue weighted by Crippen LogP contribution is 2.06. The third kappa shape index (κ3) is 8.87. The van der Waals surface area contributed by atoms with Gasteiger partial charge < -0.3 is 37.6 Å². The number of rotatable bonds is 12. The molecule has 0 saturated heterocycles. The highest BCUT2D eigenvalue weighted by molar-refractivity contribution is 5.94. The van der Waals surface area contributed by atoms with E-state index in [1.807, 2.05) is 6.92 Å². The second-order valence-electron chi connectivity index (χ2n) is 6.94. The molecule has 0 radical (unpaired) electrons.